The Morgan fingerprint density at radius 3 is 2.56 bits per heavy atom. The molecule has 0 radical (unpaired) electrons. The van der Waals surface area contributed by atoms with Gasteiger partial charge in [-0.2, -0.15) is 12.7 Å². The third-order valence-corrected chi connectivity index (χ3v) is 6.25. The maximum atomic E-state index is 12.7. The van der Waals surface area contributed by atoms with Crippen molar-refractivity contribution in [2.75, 3.05) is 13.1 Å². The Balaban J connectivity index is 1.79. The molecule has 0 bridgehead atoms. The van der Waals surface area contributed by atoms with E-state index < -0.39 is 10.2 Å². The van der Waals surface area contributed by atoms with Gasteiger partial charge in [-0.15, -0.1) is 0 Å². The summed E-state index contributed by atoms with van der Waals surface area (Å²) in [6.07, 6.45) is 2.82. The van der Waals surface area contributed by atoms with Crippen LogP contribution in [0.1, 0.15) is 28.8 Å². The highest BCUT2D eigenvalue weighted by molar-refractivity contribution is 7.86. The smallest absolute Gasteiger partial charge is 0.276 e. The molecule has 25 heavy (non-hydrogen) atoms. The number of rotatable bonds is 3. The van der Waals surface area contributed by atoms with Crippen LogP contribution in [0.5, 0.6) is 0 Å². The van der Waals surface area contributed by atoms with E-state index in [1.165, 1.54) is 4.31 Å². The van der Waals surface area contributed by atoms with Gasteiger partial charge in [0.05, 0.1) is 16.1 Å². The van der Waals surface area contributed by atoms with E-state index in [0.29, 0.717) is 36.5 Å². The maximum Gasteiger partial charge on any atom is 0.276 e. The Hall–Kier alpha value is -1.61. The summed E-state index contributed by atoms with van der Waals surface area (Å²) >= 11 is 6.42. The quantitative estimate of drug-likeness (QED) is 0.839. The Bertz CT molecular complexity index is 930. The van der Waals surface area contributed by atoms with Gasteiger partial charge in [-0.3, -0.25) is 4.79 Å². The van der Waals surface area contributed by atoms with Crippen LogP contribution in [-0.4, -0.2) is 42.3 Å². The fourth-order valence-corrected chi connectivity index (χ4v) is 4.22. The predicted octanol–water partition coefficient (Wildman–Crippen LogP) is 1.54. The number of nitrogens with one attached hydrogen (secondary N) is 1. The van der Waals surface area contributed by atoms with E-state index in [0.717, 1.165) is 16.5 Å². The SMILES string of the molecule is Cc1ccc2c(c(C(=O)NC3CCN(S(N)(=O)=O)CC3)cn2C)c1Cl. The minimum absolute atomic E-state index is 0.0932. The highest BCUT2D eigenvalue weighted by Crippen LogP contribution is 2.31. The zero-order valence-electron chi connectivity index (χ0n) is 14.1. The van der Waals surface area contributed by atoms with Crippen molar-refractivity contribution < 1.29 is 13.2 Å². The largest absolute Gasteiger partial charge is 0.350 e. The zero-order chi connectivity index (χ0) is 18.4. The molecule has 2 aromatic rings. The van der Waals surface area contributed by atoms with Gasteiger partial charge in [-0.25, -0.2) is 5.14 Å². The Labute approximate surface area is 151 Å². The van der Waals surface area contributed by atoms with E-state index in [4.69, 9.17) is 16.7 Å². The van der Waals surface area contributed by atoms with Gasteiger partial charge in [0.15, 0.2) is 0 Å². The van der Waals surface area contributed by atoms with Gasteiger partial charge in [0.1, 0.15) is 0 Å². The van der Waals surface area contributed by atoms with Crippen molar-refractivity contribution in [3.8, 4) is 0 Å². The second kappa shape index (κ2) is 6.60. The number of piperidine rings is 1. The van der Waals surface area contributed by atoms with Crippen LogP contribution in [0.4, 0.5) is 0 Å². The lowest BCUT2D eigenvalue weighted by atomic mass is 10.1. The van der Waals surface area contributed by atoms with Gasteiger partial charge < -0.3 is 9.88 Å². The molecule has 2 heterocycles. The summed E-state index contributed by atoms with van der Waals surface area (Å²) in [7, 11) is -1.80. The molecule has 7 nitrogen and oxygen atoms in total. The molecule has 1 aromatic heterocycles. The van der Waals surface area contributed by atoms with Crippen molar-refractivity contribution in [1.29, 1.82) is 0 Å². The van der Waals surface area contributed by atoms with Crippen LogP contribution in [0.25, 0.3) is 10.9 Å². The molecule has 0 aliphatic carbocycles. The average Bonchev–Trinajstić information content (AvgIpc) is 2.88. The highest BCUT2D eigenvalue weighted by Gasteiger charge is 2.27. The van der Waals surface area contributed by atoms with E-state index in [1.807, 2.05) is 30.7 Å². The number of aromatic nitrogens is 1. The second-order valence-electron chi connectivity index (χ2n) is 6.44. The van der Waals surface area contributed by atoms with Crippen molar-refractivity contribution in [2.45, 2.75) is 25.8 Å². The van der Waals surface area contributed by atoms with E-state index in [9.17, 15) is 13.2 Å². The lowest BCUT2D eigenvalue weighted by Crippen LogP contribution is -2.48. The van der Waals surface area contributed by atoms with Crippen LogP contribution in [0.3, 0.4) is 0 Å². The highest BCUT2D eigenvalue weighted by atomic mass is 35.5. The molecule has 0 saturated carbocycles. The summed E-state index contributed by atoms with van der Waals surface area (Å²) in [6, 6.07) is 3.78. The van der Waals surface area contributed by atoms with E-state index in [1.54, 1.807) is 6.20 Å². The Morgan fingerprint density at radius 2 is 1.96 bits per heavy atom. The Morgan fingerprint density at radius 1 is 1.32 bits per heavy atom. The summed E-state index contributed by atoms with van der Waals surface area (Å²) in [4.78, 5) is 12.7. The average molecular weight is 385 g/mol. The molecule has 9 heteroatoms. The normalized spacial score (nSPS) is 17.1. The van der Waals surface area contributed by atoms with Crippen LogP contribution < -0.4 is 10.5 Å². The standard InChI is InChI=1S/C16H21ClN4O3S/c1-10-3-4-13-14(15(10)17)12(9-20(13)2)16(22)19-11-5-7-21(8-6-11)25(18,23)24/h3-4,9,11H,5-8H2,1-2H3,(H,19,22)(H2,18,23,24). The summed E-state index contributed by atoms with van der Waals surface area (Å²) < 4.78 is 25.8. The third kappa shape index (κ3) is 3.52. The van der Waals surface area contributed by atoms with Crippen molar-refractivity contribution in [3.05, 3.63) is 34.5 Å². The topological polar surface area (TPSA) is 97.4 Å². The molecule has 1 saturated heterocycles. The van der Waals surface area contributed by atoms with Crippen molar-refractivity contribution in [1.82, 2.24) is 14.2 Å². The van der Waals surface area contributed by atoms with Crippen molar-refractivity contribution >= 4 is 38.6 Å². The number of fused-ring (bicyclic) bond motifs is 1. The predicted molar refractivity (Wildman–Crippen MR) is 97.8 cm³/mol. The van der Waals surface area contributed by atoms with Crippen molar-refractivity contribution in [2.24, 2.45) is 12.2 Å². The lowest BCUT2D eigenvalue weighted by Gasteiger charge is -2.30. The molecule has 1 aliphatic rings. The zero-order valence-corrected chi connectivity index (χ0v) is 15.7. The molecule has 1 aromatic carbocycles. The third-order valence-electron chi connectivity index (χ3n) is 4.68. The summed E-state index contributed by atoms with van der Waals surface area (Å²) in [5.74, 6) is -0.202. The number of carbonyl (C=O) groups is 1. The van der Waals surface area contributed by atoms with Gasteiger partial charge >= 0.3 is 0 Å². The number of carbonyl (C=O) groups excluding carboxylic acids is 1. The fraction of sp³-hybridized carbons (Fsp3) is 0.438. The molecular weight excluding hydrogens is 364 g/mol. The first-order chi connectivity index (χ1) is 11.7. The lowest BCUT2D eigenvalue weighted by molar-refractivity contribution is 0.0925. The van der Waals surface area contributed by atoms with Crippen LogP contribution in [0.15, 0.2) is 18.3 Å². The van der Waals surface area contributed by atoms with Gasteiger partial charge in [-0.1, -0.05) is 17.7 Å². The van der Waals surface area contributed by atoms with Gasteiger partial charge in [0.25, 0.3) is 16.1 Å². The molecule has 3 N–H and O–H groups in total. The first-order valence-corrected chi connectivity index (χ1v) is 9.89. The molecule has 136 valence electrons. The molecule has 1 amide bonds. The molecule has 0 atom stereocenters. The number of nitrogens with two attached hydrogens (primary N) is 1. The number of hydrogen-bond donors (Lipinski definition) is 2. The number of nitrogens with zero attached hydrogens (tertiary/aromatic N) is 2. The van der Waals surface area contributed by atoms with E-state index in [2.05, 4.69) is 5.32 Å². The molecule has 0 spiro atoms. The first-order valence-electron chi connectivity index (χ1n) is 8.01. The molecule has 1 aliphatic heterocycles. The monoisotopic (exact) mass is 384 g/mol. The number of benzene rings is 1. The van der Waals surface area contributed by atoms with E-state index >= 15 is 0 Å². The number of aryl methyl sites for hydroxylation is 2. The van der Waals surface area contributed by atoms with Crippen LogP contribution in [0, 0.1) is 6.92 Å². The molecule has 1 fully saturated rings. The van der Waals surface area contributed by atoms with Crippen molar-refractivity contribution in [3.63, 3.8) is 0 Å². The number of amides is 1. The molecule has 0 unspecified atom stereocenters. The summed E-state index contributed by atoms with van der Waals surface area (Å²) in [5.41, 5.74) is 2.33. The number of halogens is 1. The van der Waals surface area contributed by atoms with Gasteiger partial charge in [-0.05, 0) is 31.4 Å². The molecule has 3 rings (SSSR count). The Kier molecular flexibility index (Phi) is 4.80. The maximum absolute atomic E-state index is 12.7. The second-order valence-corrected chi connectivity index (χ2v) is 8.36. The van der Waals surface area contributed by atoms with Crippen LogP contribution in [-0.2, 0) is 17.3 Å². The van der Waals surface area contributed by atoms with E-state index in [-0.39, 0.29) is 11.9 Å². The molecular formula is C16H21ClN4O3S. The first kappa shape index (κ1) is 18.2. The summed E-state index contributed by atoms with van der Waals surface area (Å²) in [5, 5.41) is 9.44. The van der Waals surface area contributed by atoms with Crippen LogP contribution >= 0.6 is 11.6 Å². The minimum Gasteiger partial charge on any atom is -0.350 e. The fourth-order valence-electron chi connectivity index (χ4n) is 3.24. The minimum atomic E-state index is -3.67. The summed E-state index contributed by atoms with van der Waals surface area (Å²) in [6.45, 7) is 2.51. The van der Waals surface area contributed by atoms with Crippen LogP contribution in [0.2, 0.25) is 5.02 Å². The van der Waals surface area contributed by atoms with Gasteiger partial charge in [0.2, 0.25) is 0 Å². The van der Waals surface area contributed by atoms with Gasteiger partial charge in [0, 0.05) is 37.8 Å². The number of hydrogen-bond acceptors (Lipinski definition) is 3.